The summed E-state index contributed by atoms with van der Waals surface area (Å²) >= 11 is 0. The Morgan fingerprint density at radius 1 is 0.429 bits per heavy atom. The largest absolute Gasteiger partial charge is 0.0590 e. The van der Waals surface area contributed by atoms with Crippen LogP contribution in [0, 0.1) is 34.6 Å². The van der Waals surface area contributed by atoms with Gasteiger partial charge in [-0.25, -0.2) is 0 Å². The van der Waals surface area contributed by atoms with E-state index in [2.05, 4.69) is 89.2 Å². The average molecular weight is 276 g/mol. The summed E-state index contributed by atoms with van der Waals surface area (Å²) in [5.41, 5.74) is 6.76. The van der Waals surface area contributed by atoms with Gasteiger partial charge in [0, 0.05) is 0 Å². The van der Waals surface area contributed by atoms with E-state index in [1.165, 1.54) is 38.6 Å². The number of fused-ring (bicyclic) bond motifs is 1. The summed E-state index contributed by atoms with van der Waals surface area (Å²) in [6.45, 7) is 10.6. The van der Waals surface area contributed by atoms with Gasteiger partial charge >= 0.3 is 0 Å². The topological polar surface area (TPSA) is 0 Å². The number of benzene rings is 3. The third-order valence-electron chi connectivity index (χ3n) is 3.81. The fraction of sp³-hybridized carbons (Fsp3) is 0.238. The standard InChI is InChI=1S/C12H12.C9H12/c1-9-3-5-12-8-10(2)4-6-11(12)7-9;1-7-4-5-8(2)9(3)6-7/h3-8H,1-2H3;4-6H,1-3H3. The van der Waals surface area contributed by atoms with E-state index >= 15 is 0 Å². The highest BCUT2D eigenvalue weighted by molar-refractivity contribution is 5.83. The Bertz CT molecular complexity index is 710. The predicted molar refractivity (Wildman–Crippen MR) is 94.1 cm³/mol. The first-order valence-electron chi connectivity index (χ1n) is 7.46. The molecule has 0 aliphatic heterocycles. The number of hydrogen-bond donors (Lipinski definition) is 0. The Labute approximate surface area is 128 Å². The molecule has 108 valence electrons. The zero-order valence-corrected chi connectivity index (χ0v) is 13.7. The number of rotatable bonds is 0. The van der Waals surface area contributed by atoms with Gasteiger partial charge in [-0.05, 0) is 56.5 Å². The molecule has 0 amide bonds. The molecule has 0 heteroatoms. The molecular formula is C21H24. The van der Waals surface area contributed by atoms with Gasteiger partial charge < -0.3 is 0 Å². The molecule has 0 N–H and O–H groups in total. The minimum atomic E-state index is 1.33. The first-order valence-corrected chi connectivity index (χ1v) is 7.46. The Morgan fingerprint density at radius 3 is 1.29 bits per heavy atom. The molecule has 0 nitrogen and oxygen atoms in total. The van der Waals surface area contributed by atoms with Crippen LogP contribution in [-0.4, -0.2) is 0 Å². The highest BCUT2D eigenvalue weighted by Gasteiger charge is 1.92. The third-order valence-corrected chi connectivity index (χ3v) is 3.81. The van der Waals surface area contributed by atoms with Crippen LogP contribution in [0.15, 0.2) is 54.6 Å². The summed E-state index contributed by atoms with van der Waals surface area (Å²) in [7, 11) is 0. The molecule has 0 aromatic heterocycles. The normalized spacial score (nSPS) is 10.1. The van der Waals surface area contributed by atoms with Crippen molar-refractivity contribution in [2.24, 2.45) is 0 Å². The maximum atomic E-state index is 2.22. The lowest BCUT2D eigenvalue weighted by molar-refractivity contribution is 1.30. The van der Waals surface area contributed by atoms with E-state index in [1.54, 1.807) is 0 Å². The SMILES string of the molecule is Cc1ccc(C)c(C)c1.Cc1ccc2cc(C)ccc2c1. The molecule has 0 saturated carbocycles. The van der Waals surface area contributed by atoms with Gasteiger partial charge in [0.2, 0.25) is 0 Å². The molecule has 0 radical (unpaired) electrons. The second-order valence-corrected chi connectivity index (χ2v) is 5.94. The zero-order valence-electron chi connectivity index (χ0n) is 13.7. The van der Waals surface area contributed by atoms with Gasteiger partial charge in [0.15, 0.2) is 0 Å². The van der Waals surface area contributed by atoms with Crippen molar-refractivity contribution >= 4 is 10.8 Å². The van der Waals surface area contributed by atoms with E-state index < -0.39 is 0 Å². The molecule has 3 aromatic rings. The molecular weight excluding hydrogens is 252 g/mol. The summed E-state index contributed by atoms with van der Waals surface area (Å²) in [6.07, 6.45) is 0. The van der Waals surface area contributed by atoms with Crippen LogP contribution in [0.1, 0.15) is 27.8 Å². The van der Waals surface area contributed by atoms with Gasteiger partial charge in [-0.1, -0.05) is 71.3 Å². The lowest BCUT2D eigenvalue weighted by Gasteiger charge is -1.99. The molecule has 21 heavy (non-hydrogen) atoms. The summed E-state index contributed by atoms with van der Waals surface area (Å²) in [4.78, 5) is 0. The van der Waals surface area contributed by atoms with E-state index in [1.807, 2.05) is 0 Å². The van der Waals surface area contributed by atoms with Crippen LogP contribution in [-0.2, 0) is 0 Å². The highest BCUT2D eigenvalue weighted by Crippen LogP contribution is 2.16. The zero-order chi connectivity index (χ0) is 15.4. The summed E-state index contributed by atoms with van der Waals surface area (Å²) in [5.74, 6) is 0. The summed E-state index contributed by atoms with van der Waals surface area (Å²) in [6, 6.07) is 19.6. The predicted octanol–water partition coefficient (Wildman–Crippen LogP) is 6.07. The van der Waals surface area contributed by atoms with Crippen molar-refractivity contribution in [3.8, 4) is 0 Å². The lowest BCUT2D eigenvalue weighted by Crippen LogP contribution is -1.79. The van der Waals surface area contributed by atoms with E-state index in [0.717, 1.165) is 0 Å². The Morgan fingerprint density at radius 2 is 0.857 bits per heavy atom. The first kappa shape index (κ1) is 15.3. The van der Waals surface area contributed by atoms with Crippen LogP contribution in [0.3, 0.4) is 0 Å². The smallest absolute Gasteiger partial charge is 0.0181 e. The maximum absolute atomic E-state index is 2.22. The molecule has 3 aromatic carbocycles. The average Bonchev–Trinajstić information content (AvgIpc) is 2.44. The van der Waals surface area contributed by atoms with Crippen LogP contribution in [0.25, 0.3) is 10.8 Å². The molecule has 0 unspecified atom stereocenters. The summed E-state index contributed by atoms with van der Waals surface area (Å²) < 4.78 is 0. The minimum Gasteiger partial charge on any atom is -0.0590 e. The molecule has 0 saturated heterocycles. The van der Waals surface area contributed by atoms with Crippen LogP contribution < -0.4 is 0 Å². The summed E-state index contributed by atoms with van der Waals surface area (Å²) in [5, 5.41) is 2.67. The Hall–Kier alpha value is -2.08. The Balaban J connectivity index is 0.000000161. The lowest BCUT2D eigenvalue weighted by atomic mass is 10.1. The van der Waals surface area contributed by atoms with E-state index in [9.17, 15) is 0 Å². The number of hydrogen-bond acceptors (Lipinski definition) is 0. The molecule has 0 spiro atoms. The first-order chi connectivity index (χ1) is 9.95. The molecule has 0 heterocycles. The Kier molecular flexibility index (Phi) is 4.80. The van der Waals surface area contributed by atoms with Gasteiger partial charge in [0.25, 0.3) is 0 Å². The van der Waals surface area contributed by atoms with Crippen molar-refractivity contribution in [1.82, 2.24) is 0 Å². The van der Waals surface area contributed by atoms with Gasteiger partial charge in [0.1, 0.15) is 0 Å². The maximum Gasteiger partial charge on any atom is -0.0181 e. The molecule has 0 bridgehead atoms. The fourth-order valence-electron chi connectivity index (χ4n) is 2.38. The second-order valence-electron chi connectivity index (χ2n) is 5.94. The van der Waals surface area contributed by atoms with Crippen LogP contribution in [0.2, 0.25) is 0 Å². The van der Waals surface area contributed by atoms with Gasteiger partial charge in [-0.3, -0.25) is 0 Å². The third kappa shape index (κ3) is 4.19. The molecule has 0 aliphatic rings. The molecule has 3 rings (SSSR count). The van der Waals surface area contributed by atoms with Crippen molar-refractivity contribution < 1.29 is 0 Å². The second kappa shape index (κ2) is 6.58. The van der Waals surface area contributed by atoms with E-state index in [4.69, 9.17) is 0 Å². The molecule has 0 fully saturated rings. The van der Waals surface area contributed by atoms with E-state index in [0.29, 0.717) is 0 Å². The van der Waals surface area contributed by atoms with Crippen LogP contribution >= 0.6 is 0 Å². The van der Waals surface area contributed by atoms with Gasteiger partial charge in [-0.2, -0.15) is 0 Å². The van der Waals surface area contributed by atoms with Crippen molar-refractivity contribution in [2.75, 3.05) is 0 Å². The monoisotopic (exact) mass is 276 g/mol. The van der Waals surface area contributed by atoms with Crippen molar-refractivity contribution in [1.29, 1.82) is 0 Å². The quantitative estimate of drug-likeness (QED) is 0.467. The minimum absolute atomic E-state index is 1.33. The van der Waals surface area contributed by atoms with Crippen LogP contribution in [0.4, 0.5) is 0 Å². The fourth-order valence-corrected chi connectivity index (χ4v) is 2.38. The highest BCUT2D eigenvalue weighted by atomic mass is 14.0. The molecule has 0 atom stereocenters. The molecule has 0 aliphatic carbocycles. The van der Waals surface area contributed by atoms with Crippen molar-refractivity contribution in [3.63, 3.8) is 0 Å². The van der Waals surface area contributed by atoms with Crippen molar-refractivity contribution in [3.05, 3.63) is 82.4 Å². The van der Waals surface area contributed by atoms with E-state index in [-0.39, 0.29) is 0 Å². The van der Waals surface area contributed by atoms with Crippen molar-refractivity contribution in [2.45, 2.75) is 34.6 Å². The van der Waals surface area contributed by atoms with Gasteiger partial charge in [0.05, 0.1) is 0 Å². The van der Waals surface area contributed by atoms with Gasteiger partial charge in [-0.15, -0.1) is 0 Å². The number of aryl methyl sites for hydroxylation is 5. The van der Waals surface area contributed by atoms with Crippen LogP contribution in [0.5, 0.6) is 0 Å².